The molecule has 0 N–H and O–H groups in total. The molecule has 0 amide bonds. The van der Waals surface area contributed by atoms with E-state index in [-0.39, 0.29) is 5.92 Å². The van der Waals surface area contributed by atoms with Gasteiger partial charge in [-0.05, 0) is 19.4 Å². The predicted molar refractivity (Wildman–Crippen MR) is 69.8 cm³/mol. The second-order valence-corrected chi connectivity index (χ2v) is 4.45. The lowest BCUT2D eigenvalue weighted by Gasteiger charge is -2.10. The van der Waals surface area contributed by atoms with E-state index in [1.807, 2.05) is 44.2 Å². The van der Waals surface area contributed by atoms with E-state index in [1.54, 1.807) is 0 Å². The summed E-state index contributed by atoms with van der Waals surface area (Å²) in [5, 5.41) is 0. The predicted octanol–water partition coefficient (Wildman–Crippen LogP) is 3.52. The summed E-state index contributed by atoms with van der Waals surface area (Å²) in [6.45, 7) is 3.72. The Balaban J connectivity index is 2.53. The van der Waals surface area contributed by atoms with E-state index in [0.29, 0.717) is 0 Å². The molecule has 0 radical (unpaired) electrons. The van der Waals surface area contributed by atoms with Crippen molar-refractivity contribution in [1.82, 2.24) is 0 Å². The fraction of sp³-hybridized carbons (Fsp3) is 0.214. The van der Waals surface area contributed by atoms with Crippen molar-refractivity contribution in [1.29, 1.82) is 0 Å². The van der Waals surface area contributed by atoms with Gasteiger partial charge >= 0.3 is 0 Å². The monoisotopic (exact) mass is 246 g/mol. The maximum atomic E-state index is 11.3. The number of rotatable bonds is 3. The second kappa shape index (κ2) is 4.80. The molecule has 1 unspecified atom stereocenters. The highest BCUT2D eigenvalue weighted by molar-refractivity contribution is 7.80. The van der Waals surface area contributed by atoms with Gasteiger partial charge in [0.15, 0.2) is 0 Å². The first-order valence-electron chi connectivity index (χ1n) is 5.44. The Morgan fingerprint density at radius 3 is 2.29 bits per heavy atom. The van der Waals surface area contributed by atoms with Crippen molar-refractivity contribution < 1.29 is 9.21 Å². The number of furan rings is 1. The third-order valence-corrected chi connectivity index (χ3v) is 3.44. The Labute approximate surface area is 106 Å². The van der Waals surface area contributed by atoms with Crippen molar-refractivity contribution in [3.8, 4) is 0 Å². The lowest BCUT2D eigenvalue weighted by atomic mass is 9.93. The van der Waals surface area contributed by atoms with E-state index in [0.717, 1.165) is 33.8 Å². The molecule has 88 valence electrons. The van der Waals surface area contributed by atoms with Crippen molar-refractivity contribution in [2.45, 2.75) is 24.7 Å². The van der Waals surface area contributed by atoms with E-state index < -0.39 is 0 Å². The molecule has 3 heteroatoms. The fourth-order valence-corrected chi connectivity index (χ4v) is 2.37. The van der Waals surface area contributed by atoms with Crippen LogP contribution in [0.1, 0.15) is 28.6 Å². The zero-order chi connectivity index (χ0) is 12.4. The zero-order valence-corrected chi connectivity index (χ0v) is 10.7. The number of carbonyl (C=O) groups excluding carboxylic acids is 1. The summed E-state index contributed by atoms with van der Waals surface area (Å²) in [4.78, 5) is 12.1. The van der Waals surface area contributed by atoms with Gasteiger partial charge in [-0.2, -0.15) is 0 Å². The number of thiol groups is 1. The van der Waals surface area contributed by atoms with Crippen molar-refractivity contribution in [3.05, 3.63) is 53.0 Å². The molecule has 2 rings (SSSR count). The second-order valence-electron chi connectivity index (χ2n) is 4.00. The minimum absolute atomic E-state index is 0.304. The van der Waals surface area contributed by atoms with Crippen molar-refractivity contribution in [3.63, 3.8) is 0 Å². The van der Waals surface area contributed by atoms with E-state index >= 15 is 0 Å². The van der Waals surface area contributed by atoms with Gasteiger partial charge in [0.25, 0.3) is 0 Å². The Morgan fingerprint density at radius 2 is 1.82 bits per heavy atom. The quantitative estimate of drug-likeness (QED) is 0.663. The SMILES string of the molecule is Cc1oc(C)c(C(C=O)c2ccccc2)c1S. The summed E-state index contributed by atoms with van der Waals surface area (Å²) < 4.78 is 5.51. The molecule has 2 nitrogen and oxygen atoms in total. The van der Waals surface area contributed by atoms with Gasteiger partial charge < -0.3 is 9.21 Å². The van der Waals surface area contributed by atoms with Crippen LogP contribution in [0.15, 0.2) is 39.6 Å². The molecule has 0 bridgehead atoms. The number of carbonyl (C=O) groups is 1. The number of aldehydes is 1. The lowest BCUT2D eigenvalue weighted by molar-refractivity contribution is -0.108. The molecule has 1 aromatic heterocycles. The number of benzene rings is 1. The fourth-order valence-electron chi connectivity index (χ4n) is 2.03. The molecule has 0 aliphatic rings. The molecule has 1 atom stereocenters. The van der Waals surface area contributed by atoms with Crippen LogP contribution >= 0.6 is 12.6 Å². The first kappa shape index (κ1) is 12.0. The summed E-state index contributed by atoms with van der Waals surface area (Å²) in [6.07, 6.45) is 0.937. The van der Waals surface area contributed by atoms with Crippen LogP contribution in [0.5, 0.6) is 0 Å². The van der Waals surface area contributed by atoms with Crippen LogP contribution < -0.4 is 0 Å². The van der Waals surface area contributed by atoms with E-state index in [4.69, 9.17) is 4.42 Å². The average Bonchev–Trinajstić information content (AvgIpc) is 2.58. The van der Waals surface area contributed by atoms with Crippen LogP contribution in [-0.2, 0) is 4.79 Å². The highest BCUT2D eigenvalue weighted by Gasteiger charge is 2.22. The van der Waals surface area contributed by atoms with Gasteiger partial charge in [0.1, 0.15) is 17.8 Å². The minimum atomic E-state index is -0.304. The summed E-state index contributed by atoms with van der Waals surface area (Å²) >= 11 is 4.42. The summed E-state index contributed by atoms with van der Waals surface area (Å²) in [5.74, 6) is 1.21. The number of aryl methyl sites for hydroxylation is 2. The van der Waals surface area contributed by atoms with Gasteiger partial charge in [0.05, 0.1) is 5.92 Å². The Bertz CT molecular complexity index is 529. The van der Waals surface area contributed by atoms with E-state index in [1.165, 1.54) is 0 Å². The van der Waals surface area contributed by atoms with Crippen molar-refractivity contribution in [2.75, 3.05) is 0 Å². The van der Waals surface area contributed by atoms with Crippen molar-refractivity contribution >= 4 is 18.9 Å². The topological polar surface area (TPSA) is 30.2 Å². The molecule has 1 aromatic carbocycles. The maximum absolute atomic E-state index is 11.3. The van der Waals surface area contributed by atoms with E-state index in [9.17, 15) is 4.79 Å². The molecular formula is C14H14O2S. The Morgan fingerprint density at radius 1 is 1.18 bits per heavy atom. The van der Waals surface area contributed by atoms with Gasteiger partial charge in [0.2, 0.25) is 0 Å². The van der Waals surface area contributed by atoms with Crippen LogP contribution in [0.3, 0.4) is 0 Å². The standard InChI is InChI=1S/C14H14O2S/c1-9-13(14(17)10(2)16-9)12(8-15)11-6-4-3-5-7-11/h3-8,12,17H,1-2H3. The molecule has 0 aliphatic carbocycles. The minimum Gasteiger partial charge on any atom is -0.465 e. The first-order chi connectivity index (χ1) is 8.15. The van der Waals surface area contributed by atoms with Gasteiger partial charge in [-0.3, -0.25) is 0 Å². The lowest BCUT2D eigenvalue weighted by Crippen LogP contribution is -2.03. The molecule has 0 saturated heterocycles. The molecule has 2 aromatic rings. The van der Waals surface area contributed by atoms with Crippen LogP contribution in [0.4, 0.5) is 0 Å². The summed E-state index contributed by atoms with van der Waals surface area (Å²) in [7, 11) is 0. The van der Waals surface area contributed by atoms with E-state index in [2.05, 4.69) is 12.6 Å². The summed E-state index contributed by atoms with van der Waals surface area (Å²) in [5.41, 5.74) is 1.83. The Hall–Kier alpha value is -1.48. The van der Waals surface area contributed by atoms with Crippen LogP contribution in [0.25, 0.3) is 0 Å². The molecule has 0 saturated carbocycles. The van der Waals surface area contributed by atoms with Gasteiger partial charge in [-0.15, -0.1) is 12.6 Å². The van der Waals surface area contributed by atoms with Gasteiger partial charge in [0, 0.05) is 10.5 Å². The number of hydrogen-bond donors (Lipinski definition) is 1. The molecular weight excluding hydrogens is 232 g/mol. The maximum Gasteiger partial charge on any atom is 0.132 e. The third-order valence-electron chi connectivity index (χ3n) is 2.88. The highest BCUT2D eigenvalue weighted by Crippen LogP contribution is 2.34. The van der Waals surface area contributed by atoms with Crippen LogP contribution in [-0.4, -0.2) is 6.29 Å². The molecule has 1 heterocycles. The van der Waals surface area contributed by atoms with Crippen LogP contribution in [0.2, 0.25) is 0 Å². The third kappa shape index (κ3) is 2.15. The Kier molecular flexibility index (Phi) is 3.38. The normalized spacial score (nSPS) is 12.4. The molecule has 0 aliphatic heterocycles. The van der Waals surface area contributed by atoms with Crippen molar-refractivity contribution in [2.24, 2.45) is 0 Å². The van der Waals surface area contributed by atoms with Gasteiger partial charge in [-0.25, -0.2) is 0 Å². The number of hydrogen-bond acceptors (Lipinski definition) is 3. The average molecular weight is 246 g/mol. The summed E-state index contributed by atoms with van der Waals surface area (Å²) in [6, 6.07) is 9.65. The highest BCUT2D eigenvalue weighted by atomic mass is 32.1. The van der Waals surface area contributed by atoms with Gasteiger partial charge in [-0.1, -0.05) is 30.3 Å². The molecule has 0 fully saturated rings. The molecule has 0 spiro atoms. The molecule has 17 heavy (non-hydrogen) atoms. The largest absolute Gasteiger partial charge is 0.465 e. The van der Waals surface area contributed by atoms with Crippen LogP contribution in [0, 0.1) is 13.8 Å². The first-order valence-corrected chi connectivity index (χ1v) is 5.89. The zero-order valence-electron chi connectivity index (χ0n) is 9.81. The smallest absolute Gasteiger partial charge is 0.132 e.